The largest absolute Gasteiger partial charge is 1.00 e. The van der Waals surface area contributed by atoms with Gasteiger partial charge in [-0.05, 0) is 0 Å². The predicted octanol–water partition coefficient (Wildman–Crippen LogP) is 0.0295. The van der Waals surface area contributed by atoms with Crippen molar-refractivity contribution < 1.29 is 47.6 Å². The van der Waals surface area contributed by atoms with Gasteiger partial charge in [-0.2, -0.15) is 0 Å². The molecule has 0 heterocycles. The van der Waals surface area contributed by atoms with E-state index < -0.39 is 22.8 Å². The first kappa shape index (κ1) is 23.5. The summed E-state index contributed by atoms with van der Waals surface area (Å²) in [6.45, 7) is 11.6. The summed E-state index contributed by atoms with van der Waals surface area (Å²) >= 11 is -0.655. The van der Waals surface area contributed by atoms with Gasteiger partial charge in [0.25, 0.3) is 0 Å². The van der Waals surface area contributed by atoms with E-state index in [9.17, 15) is 0 Å². The molecule has 28 heavy (non-hydrogen) atoms. The van der Waals surface area contributed by atoms with Crippen molar-refractivity contribution in [1.29, 1.82) is 0 Å². The number of halogens is 2. The zero-order valence-corrected chi connectivity index (χ0v) is 21.2. The zero-order chi connectivity index (χ0) is 18.5. The fourth-order valence-electron chi connectivity index (χ4n) is 4.29. The van der Waals surface area contributed by atoms with Gasteiger partial charge in [0.05, 0.1) is 0 Å². The van der Waals surface area contributed by atoms with Crippen LogP contribution in [0, 0.1) is 5.41 Å². The van der Waals surface area contributed by atoms with E-state index in [4.69, 9.17) is 0 Å². The molecule has 0 saturated carbocycles. The van der Waals surface area contributed by atoms with Gasteiger partial charge in [0.15, 0.2) is 0 Å². The first-order valence-corrected chi connectivity index (χ1v) is 12.0. The number of rotatable bonds is 2. The van der Waals surface area contributed by atoms with Gasteiger partial charge in [0, 0.05) is 0 Å². The molecule has 0 nitrogen and oxygen atoms in total. The Labute approximate surface area is 193 Å². The Morgan fingerprint density at radius 3 is 2.25 bits per heavy atom. The molecule has 2 aromatic rings. The van der Waals surface area contributed by atoms with Crippen molar-refractivity contribution in [3.63, 3.8) is 0 Å². The molecule has 0 aliphatic heterocycles. The van der Waals surface area contributed by atoms with Crippen LogP contribution in [0.25, 0.3) is 11.1 Å². The van der Waals surface area contributed by atoms with E-state index in [1.54, 1.807) is 17.6 Å². The van der Waals surface area contributed by atoms with E-state index in [1.165, 1.54) is 22.3 Å². The standard InChI is InChI=1S/C22H21.C3H6.2ClH.Zr/c1-22(2,3)16-13-12-15(14-16)21-19-10-6-4-8-17(19)18-9-5-7-11-20(18)21;1-3-2;;;/h4-10,13-14,21H,12H2,1-3H3;1-2H3;2*1H;/q;;;;+2/p-2. The first-order chi connectivity index (χ1) is 12.4. The fraction of sp³-hybridized carbons (Fsp3) is 0.320. The molecule has 2 aliphatic carbocycles. The van der Waals surface area contributed by atoms with Crippen LogP contribution in [0.2, 0.25) is 0 Å². The second-order valence-corrected chi connectivity index (χ2v) is 13.1. The quantitative estimate of drug-likeness (QED) is 0.559. The number of hydrogen-bond donors (Lipinski definition) is 0. The molecule has 0 fully saturated rings. The van der Waals surface area contributed by atoms with E-state index in [2.05, 4.69) is 89.2 Å². The van der Waals surface area contributed by atoms with E-state index in [0.29, 0.717) is 5.92 Å². The molecular weight excluding hydrogens is 462 g/mol. The van der Waals surface area contributed by atoms with Gasteiger partial charge >= 0.3 is 170 Å². The molecule has 0 amide bonds. The van der Waals surface area contributed by atoms with Gasteiger partial charge in [-0.25, -0.2) is 0 Å². The van der Waals surface area contributed by atoms with E-state index in [1.807, 2.05) is 0 Å². The van der Waals surface area contributed by atoms with Crippen LogP contribution in [0.5, 0.6) is 0 Å². The summed E-state index contributed by atoms with van der Waals surface area (Å²) in [6.07, 6.45) is 6.05. The summed E-state index contributed by atoms with van der Waals surface area (Å²) in [5, 5.41) is 0. The number of hydrogen-bond acceptors (Lipinski definition) is 0. The second kappa shape index (κ2) is 8.95. The molecule has 2 aromatic carbocycles. The minimum atomic E-state index is -0.655. The van der Waals surface area contributed by atoms with Crippen LogP contribution >= 0.6 is 0 Å². The molecule has 0 bridgehead atoms. The van der Waals surface area contributed by atoms with Crippen molar-refractivity contribution in [2.45, 2.75) is 47.0 Å². The van der Waals surface area contributed by atoms with Crippen molar-refractivity contribution in [3.8, 4) is 11.1 Å². The molecule has 2 aliphatic rings. The molecule has 0 aromatic heterocycles. The normalized spacial score (nSPS) is 16.7. The smallest absolute Gasteiger partial charge is 1.00 e. The van der Waals surface area contributed by atoms with Crippen molar-refractivity contribution in [1.82, 2.24) is 0 Å². The summed E-state index contributed by atoms with van der Waals surface area (Å²) in [5.74, 6) is 0.453. The number of benzene rings is 2. The Kier molecular flexibility index (Phi) is 7.52. The number of fused-ring (bicyclic) bond motifs is 3. The molecular formula is C25H27Cl2Zr. The Balaban J connectivity index is 0.00000140. The summed E-state index contributed by atoms with van der Waals surface area (Å²) in [4.78, 5) is 0. The van der Waals surface area contributed by atoms with Crippen molar-refractivity contribution in [2.75, 3.05) is 0 Å². The first-order valence-electron chi connectivity index (χ1n) is 9.57. The van der Waals surface area contributed by atoms with Crippen LogP contribution in [0.3, 0.4) is 0 Å². The zero-order valence-electron chi connectivity index (χ0n) is 17.2. The molecule has 0 N–H and O–H groups in total. The van der Waals surface area contributed by atoms with Gasteiger partial charge in [-0.1, -0.05) is 0 Å². The molecule has 1 unspecified atom stereocenters. The Hall–Kier alpha value is -0.747. The van der Waals surface area contributed by atoms with E-state index in [0.717, 1.165) is 6.42 Å². The SMILES string of the molecule is C[C](C)=[Zr+2][c]1cccc2c1C(C1=CC(C(C)(C)C)=CC1)c1ccccc1-2.[Cl-].[Cl-]. The Bertz CT molecular complexity index is 970. The monoisotopic (exact) mass is 487 g/mol. The molecule has 145 valence electrons. The van der Waals surface area contributed by atoms with Gasteiger partial charge in [-0.3, -0.25) is 0 Å². The molecule has 0 saturated heterocycles. The van der Waals surface area contributed by atoms with Crippen LogP contribution in [0.15, 0.2) is 65.8 Å². The van der Waals surface area contributed by atoms with E-state index >= 15 is 0 Å². The van der Waals surface area contributed by atoms with Crippen LogP contribution in [-0.4, -0.2) is 3.21 Å². The maximum Gasteiger partial charge on any atom is -1.00 e. The number of allylic oxidation sites excluding steroid dienone is 4. The van der Waals surface area contributed by atoms with Crippen LogP contribution in [0.1, 0.15) is 58.1 Å². The molecule has 4 rings (SSSR count). The second-order valence-electron chi connectivity index (χ2n) is 8.74. The summed E-state index contributed by atoms with van der Waals surface area (Å²) in [5.41, 5.74) is 9.38. The Morgan fingerprint density at radius 1 is 0.929 bits per heavy atom. The van der Waals surface area contributed by atoms with Crippen LogP contribution in [-0.2, 0) is 22.8 Å². The average molecular weight is 490 g/mol. The van der Waals surface area contributed by atoms with Crippen molar-refractivity contribution in [3.05, 3.63) is 76.9 Å². The molecule has 3 heteroatoms. The van der Waals surface area contributed by atoms with Gasteiger partial charge in [0.2, 0.25) is 0 Å². The maximum atomic E-state index is 2.50. The van der Waals surface area contributed by atoms with Gasteiger partial charge < -0.3 is 24.8 Å². The third kappa shape index (κ3) is 4.23. The van der Waals surface area contributed by atoms with Gasteiger partial charge in [0.1, 0.15) is 0 Å². The maximum absolute atomic E-state index is 2.50. The van der Waals surface area contributed by atoms with Crippen molar-refractivity contribution >= 4 is 6.48 Å². The summed E-state index contributed by atoms with van der Waals surface area (Å²) < 4.78 is 3.31. The summed E-state index contributed by atoms with van der Waals surface area (Å²) in [6, 6.07) is 16.1. The minimum absolute atomic E-state index is 0. The third-order valence-corrected chi connectivity index (χ3v) is 8.44. The predicted molar refractivity (Wildman–Crippen MR) is 110 cm³/mol. The van der Waals surface area contributed by atoms with Crippen molar-refractivity contribution in [2.24, 2.45) is 5.41 Å². The molecule has 0 radical (unpaired) electrons. The van der Waals surface area contributed by atoms with Crippen LogP contribution < -0.4 is 28.1 Å². The molecule has 1 atom stereocenters. The third-order valence-electron chi connectivity index (χ3n) is 5.48. The molecule has 0 spiro atoms. The average Bonchev–Trinajstić information content (AvgIpc) is 3.17. The van der Waals surface area contributed by atoms with Gasteiger partial charge in [-0.15, -0.1) is 0 Å². The minimum Gasteiger partial charge on any atom is -1.00 e. The van der Waals surface area contributed by atoms with Crippen LogP contribution in [0.4, 0.5) is 0 Å². The van der Waals surface area contributed by atoms with E-state index in [-0.39, 0.29) is 30.2 Å². The fourth-order valence-corrected chi connectivity index (χ4v) is 7.08. The topological polar surface area (TPSA) is 0 Å². The summed E-state index contributed by atoms with van der Waals surface area (Å²) in [7, 11) is 0. The Morgan fingerprint density at radius 2 is 1.61 bits per heavy atom.